The molecule has 114 valence electrons. The molecule has 0 aliphatic carbocycles. The summed E-state index contributed by atoms with van der Waals surface area (Å²) in [5, 5.41) is 19.5. The molecule has 4 atom stereocenters. The van der Waals surface area contributed by atoms with Crippen LogP contribution in [-0.2, 0) is 9.47 Å². The zero-order valence-electron chi connectivity index (χ0n) is 11.1. The summed E-state index contributed by atoms with van der Waals surface area (Å²) < 4.78 is 12.1. The van der Waals surface area contributed by atoms with Crippen LogP contribution in [-0.4, -0.2) is 61.8 Å². The number of H-pyrrole nitrogens is 1. The Balaban J connectivity index is 2.07. The maximum atomic E-state index is 11.7. The van der Waals surface area contributed by atoms with Gasteiger partial charge in [-0.1, -0.05) is 0 Å². The normalized spacial score (nSPS) is 29.3. The van der Waals surface area contributed by atoms with Crippen LogP contribution in [0.5, 0.6) is 0 Å². The van der Waals surface area contributed by atoms with E-state index in [-0.39, 0.29) is 23.7 Å². The molecule has 3 rings (SSSR count). The van der Waals surface area contributed by atoms with E-state index < -0.39 is 30.1 Å². The number of aliphatic hydroxyl groups excluding tert-OH is 2. The second-order valence-electron chi connectivity index (χ2n) is 4.71. The van der Waals surface area contributed by atoms with Gasteiger partial charge in [0, 0.05) is 7.11 Å². The third-order valence-electron chi connectivity index (χ3n) is 3.49. The van der Waals surface area contributed by atoms with Gasteiger partial charge in [0.15, 0.2) is 17.4 Å². The molecule has 0 saturated carbocycles. The summed E-state index contributed by atoms with van der Waals surface area (Å²) >= 11 is 0. The van der Waals surface area contributed by atoms with E-state index in [0.29, 0.717) is 0 Å². The van der Waals surface area contributed by atoms with Gasteiger partial charge in [0.05, 0.1) is 12.9 Å². The number of methoxy groups -OCH3 is 1. The van der Waals surface area contributed by atoms with Gasteiger partial charge in [-0.15, -0.1) is 0 Å². The molecule has 1 aliphatic heterocycles. The quantitative estimate of drug-likeness (QED) is 0.506. The number of nitrogen functional groups attached to an aromatic ring is 1. The highest BCUT2D eigenvalue weighted by molar-refractivity contribution is 5.70. The lowest BCUT2D eigenvalue weighted by Gasteiger charge is -2.17. The van der Waals surface area contributed by atoms with Crippen LogP contribution in [0.4, 0.5) is 5.95 Å². The van der Waals surface area contributed by atoms with Crippen LogP contribution in [0.25, 0.3) is 11.2 Å². The predicted molar refractivity (Wildman–Crippen MR) is 70.4 cm³/mol. The van der Waals surface area contributed by atoms with Gasteiger partial charge < -0.3 is 25.4 Å². The van der Waals surface area contributed by atoms with E-state index in [1.165, 1.54) is 18.0 Å². The Morgan fingerprint density at radius 3 is 3.00 bits per heavy atom. The van der Waals surface area contributed by atoms with E-state index in [1.54, 1.807) is 0 Å². The second-order valence-corrected chi connectivity index (χ2v) is 4.71. The first kappa shape index (κ1) is 13.9. The fourth-order valence-corrected chi connectivity index (χ4v) is 2.52. The van der Waals surface area contributed by atoms with E-state index in [4.69, 9.17) is 15.2 Å². The number of fused-ring (bicyclic) bond motifs is 1. The number of nitrogens with two attached hydrogens (primary N) is 1. The van der Waals surface area contributed by atoms with Crippen LogP contribution in [0.2, 0.25) is 0 Å². The van der Waals surface area contributed by atoms with E-state index >= 15 is 0 Å². The predicted octanol–water partition coefficient (Wildman–Crippen LogP) is -2.03. The number of imidazole rings is 1. The average Bonchev–Trinajstić information content (AvgIpc) is 2.99. The molecule has 0 amide bonds. The Morgan fingerprint density at radius 2 is 2.38 bits per heavy atom. The molecule has 2 aromatic heterocycles. The summed E-state index contributed by atoms with van der Waals surface area (Å²) in [7, 11) is 1.41. The summed E-state index contributed by atoms with van der Waals surface area (Å²) in [4.78, 5) is 22.0. The monoisotopic (exact) mass is 297 g/mol. The van der Waals surface area contributed by atoms with Crippen LogP contribution in [0.3, 0.4) is 0 Å². The number of anilines is 1. The lowest BCUT2D eigenvalue weighted by atomic mass is 10.1. The van der Waals surface area contributed by atoms with Crippen LogP contribution in [0.1, 0.15) is 6.23 Å². The lowest BCUT2D eigenvalue weighted by molar-refractivity contribution is -0.0535. The molecule has 10 heteroatoms. The van der Waals surface area contributed by atoms with Crippen molar-refractivity contribution in [1.82, 2.24) is 19.5 Å². The molecule has 0 bridgehead atoms. The molecule has 1 unspecified atom stereocenters. The van der Waals surface area contributed by atoms with Crippen molar-refractivity contribution in [3.63, 3.8) is 0 Å². The molecule has 0 spiro atoms. The summed E-state index contributed by atoms with van der Waals surface area (Å²) in [6, 6.07) is 0. The third kappa shape index (κ3) is 2.08. The van der Waals surface area contributed by atoms with Crippen LogP contribution < -0.4 is 11.3 Å². The Bertz CT molecular complexity index is 713. The standard InChI is InChI=1S/C11H15N5O5/c1-20-7-4(2-17)21-10(6(7)18)16-3-13-5-8(16)14-11(12)15-9(5)19/h3-4,6-7,10,17-18H,2H2,1H3,(H3,12,14,15,19)/t4?,6-,7-,10+/m0/s1. The topological polar surface area (TPSA) is 149 Å². The van der Waals surface area contributed by atoms with Gasteiger partial charge in [-0.25, -0.2) is 4.98 Å². The Kier molecular flexibility index (Phi) is 3.37. The molecule has 1 saturated heterocycles. The van der Waals surface area contributed by atoms with Crippen LogP contribution in [0.15, 0.2) is 11.1 Å². The van der Waals surface area contributed by atoms with Crippen molar-refractivity contribution in [2.24, 2.45) is 0 Å². The maximum Gasteiger partial charge on any atom is 0.280 e. The number of nitrogens with one attached hydrogen (secondary N) is 1. The molecule has 2 aromatic rings. The first-order valence-electron chi connectivity index (χ1n) is 6.26. The zero-order valence-corrected chi connectivity index (χ0v) is 11.1. The van der Waals surface area contributed by atoms with Crippen molar-refractivity contribution in [1.29, 1.82) is 0 Å². The average molecular weight is 297 g/mol. The number of hydrogen-bond donors (Lipinski definition) is 4. The number of rotatable bonds is 3. The SMILES string of the molecule is CO[C@H]1C(CO)O[C@@H](n2cnc3c(=O)[nH]c(N)nc32)[C@H]1O. The molecule has 0 radical (unpaired) electrons. The van der Waals surface area contributed by atoms with Crippen molar-refractivity contribution in [2.45, 2.75) is 24.5 Å². The Morgan fingerprint density at radius 1 is 1.62 bits per heavy atom. The molecule has 5 N–H and O–H groups in total. The molecular weight excluding hydrogens is 282 g/mol. The van der Waals surface area contributed by atoms with Gasteiger partial charge in [-0.05, 0) is 0 Å². The summed E-state index contributed by atoms with van der Waals surface area (Å²) in [5.41, 5.74) is 5.31. The van der Waals surface area contributed by atoms with Gasteiger partial charge in [-0.2, -0.15) is 4.98 Å². The smallest absolute Gasteiger partial charge is 0.280 e. The minimum absolute atomic E-state index is 0.0660. The first-order chi connectivity index (χ1) is 10.1. The summed E-state index contributed by atoms with van der Waals surface area (Å²) in [5.74, 6) is -0.0660. The zero-order chi connectivity index (χ0) is 15.1. The highest BCUT2D eigenvalue weighted by Crippen LogP contribution is 2.32. The van der Waals surface area contributed by atoms with Crippen molar-refractivity contribution < 1.29 is 19.7 Å². The number of aromatic nitrogens is 4. The van der Waals surface area contributed by atoms with E-state index in [0.717, 1.165) is 0 Å². The first-order valence-corrected chi connectivity index (χ1v) is 6.26. The Hall–Kier alpha value is -2.01. The third-order valence-corrected chi connectivity index (χ3v) is 3.49. The second kappa shape index (κ2) is 5.07. The molecule has 0 aromatic carbocycles. The number of aromatic amines is 1. The molecule has 21 heavy (non-hydrogen) atoms. The lowest BCUT2D eigenvalue weighted by Crippen LogP contribution is -2.35. The minimum Gasteiger partial charge on any atom is -0.394 e. The fourth-order valence-electron chi connectivity index (χ4n) is 2.52. The van der Waals surface area contributed by atoms with Crippen molar-refractivity contribution in [2.75, 3.05) is 19.5 Å². The van der Waals surface area contributed by atoms with Gasteiger partial charge >= 0.3 is 0 Å². The van der Waals surface area contributed by atoms with Gasteiger partial charge in [0.25, 0.3) is 5.56 Å². The molecule has 10 nitrogen and oxygen atoms in total. The maximum absolute atomic E-state index is 11.7. The van der Waals surface area contributed by atoms with E-state index in [2.05, 4.69) is 15.0 Å². The van der Waals surface area contributed by atoms with Crippen molar-refractivity contribution >= 4 is 17.1 Å². The van der Waals surface area contributed by atoms with Crippen LogP contribution >= 0.6 is 0 Å². The van der Waals surface area contributed by atoms with Crippen molar-refractivity contribution in [3.8, 4) is 0 Å². The highest BCUT2D eigenvalue weighted by atomic mass is 16.6. The van der Waals surface area contributed by atoms with E-state index in [9.17, 15) is 15.0 Å². The largest absolute Gasteiger partial charge is 0.394 e. The summed E-state index contributed by atoms with van der Waals surface area (Å²) in [6.07, 6.45) is -1.99. The van der Waals surface area contributed by atoms with Gasteiger partial charge in [0.1, 0.15) is 18.3 Å². The number of nitrogens with zero attached hydrogens (tertiary/aromatic N) is 3. The van der Waals surface area contributed by atoms with Gasteiger partial charge in [0.2, 0.25) is 5.95 Å². The molecule has 1 aliphatic rings. The fraction of sp³-hybridized carbons (Fsp3) is 0.545. The number of aliphatic hydroxyl groups is 2. The number of hydrogen-bond acceptors (Lipinski definition) is 8. The molecule has 1 fully saturated rings. The van der Waals surface area contributed by atoms with Gasteiger partial charge in [-0.3, -0.25) is 14.3 Å². The van der Waals surface area contributed by atoms with Crippen LogP contribution in [0, 0.1) is 0 Å². The summed E-state index contributed by atoms with van der Waals surface area (Å²) in [6.45, 7) is -0.311. The highest BCUT2D eigenvalue weighted by Gasteiger charge is 2.45. The minimum atomic E-state index is -1.05. The Labute approximate surface area is 118 Å². The van der Waals surface area contributed by atoms with E-state index in [1.807, 2.05) is 0 Å². The van der Waals surface area contributed by atoms with Crippen molar-refractivity contribution in [3.05, 3.63) is 16.7 Å². The molecular formula is C11H15N5O5. The number of ether oxygens (including phenoxy) is 2. The molecule has 3 heterocycles.